The summed E-state index contributed by atoms with van der Waals surface area (Å²) in [5.41, 5.74) is 5.57. The number of hydrogen-bond donors (Lipinski definition) is 0. The molecule has 0 N–H and O–H groups in total. The highest BCUT2D eigenvalue weighted by Gasteiger charge is 2.11. The third-order valence-corrected chi connectivity index (χ3v) is 3.40. The van der Waals surface area contributed by atoms with E-state index in [1.165, 1.54) is 11.1 Å². The summed E-state index contributed by atoms with van der Waals surface area (Å²) in [5, 5.41) is 0. The lowest BCUT2D eigenvalue weighted by molar-refractivity contribution is 0.104. The molecule has 104 valence electrons. The van der Waals surface area contributed by atoms with Gasteiger partial charge in [-0.2, -0.15) is 0 Å². The molecule has 1 aromatic rings. The smallest absolute Gasteiger partial charge is 0.186 e. The maximum atomic E-state index is 12.5. The molecule has 0 saturated carbocycles. The Hall–Kier alpha value is -1.37. The van der Waals surface area contributed by atoms with Crippen molar-refractivity contribution in [1.82, 2.24) is 0 Å². The van der Waals surface area contributed by atoms with E-state index in [0.29, 0.717) is 0 Å². The van der Waals surface area contributed by atoms with Crippen LogP contribution in [-0.4, -0.2) is 5.78 Å². The summed E-state index contributed by atoms with van der Waals surface area (Å²) in [4.78, 5) is 12.5. The van der Waals surface area contributed by atoms with Crippen molar-refractivity contribution in [3.05, 3.63) is 46.0 Å². The van der Waals surface area contributed by atoms with E-state index in [2.05, 4.69) is 32.9 Å². The highest BCUT2D eigenvalue weighted by Crippen LogP contribution is 2.20. The van der Waals surface area contributed by atoms with E-state index < -0.39 is 0 Å². The van der Waals surface area contributed by atoms with Gasteiger partial charge in [-0.3, -0.25) is 4.79 Å². The quantitative estimate of drug-likeness (QED) is 0.498. The summed E-state index contributed by atoms with van der Waals surface area (Å²) in [5.74, 6) is 0.173. The van der Waals surface area contributed by atoms with Gasteiger partial charge in [-0.1, -0.05) is 50.0 Å². The van der Waals surface area contributed by atoms with E-state index >= 15 is 0 Å². The molecule has 0 fully saturated rings. The Balaban J connectivity index is 3.09. The molecule has 0 amide bonds. The van der Waals surface area contributed by atoms with E-state index in [-0.39, 0.29) is 5.78 Å². The minimum absolute atomic E-state index is 0.173. The predicted molar refractivity (Wildman–Crippen MR) is 82.9 cm³/mol. The van der Waals surface area contributed by atoms with Crippen LogP contribution in [0.3, 0.4) is 0 Å². The molecule has 1 aromatic carbocycles. The second-order valence-electron chi connectivity index (χ2n) is 5.44. The van der Waals surface area contributed by atoms with Crippen LogP contribution in [0, 0.1) is 20.8 Å². The average molecular weight is 258 g/mol. The number of carbonyl (C=O) groups is 1. The molecule has 1 nitrogen and oxygen atoms in total. The Labute approximate surface area is 117 Å². The maximum Gasteiger partial charge on any atom is 0.186 e. The molecule has 0 heterocycles. The van der Waals surface area contributed by atoms with Gasteiger partial charge in [-0.05, 0) is 50.8 Å². The summed E-state index contributed by atoms with van der Waals surface area (Å²) in [6.45, 7) is 10.5. The van der Waals surface area contributed by atoms with E-state index in [0.717, 1.165) is 42.4 Å². The highest BCUT2D eigenvalue weighted by atomic mass is 16.1. The zero-order chi connectivity index (χ0) is 14.4. The fourth-order valence-electron chi connectivity index (χ4n) is 2.74. The maximum absolute atomic E-state index is 12.5. The van der Waals surface area contributed by atoms with Gasteiger partial charge in [0.25, 0.3) is 0 Å². The number of benzene rings is 1. The van der Waals surface area contributed by atoms with Crippen molar-refractivity contribution >= 4 is 5.78 Å². The SMILES string of the molecule is CCCC(=CC(=O)c1c(C)cc(C)cc1C)CCC. The van der Waals surface area contributed by atoms with E-state index in [1.54, 1.807) is 0 Å². The Morgan fingerprint density at radius 3 is 1.89 bits per heavy atom. The Kier molecular flexibility index (Phi) is 6.01. The number of hydrogen-bond acceptors (Lipinski definition) is 1. The number of ketones is 1. The topological polar surface area (TPSA) is 17.1 Å². The first kappa shape index (κ1) is 15.7. The first-order valence-corrected chi connectivity index (χ1v) is 7.31. The molecule has 0 atom stereocenters. The Bertz CT molecular complexity index is 449. The lowest BCUT2D eigenvalue weighted by atomic mass is 9.94. The minimum Gasteiger partial charge on any atom is -0.289 e. The van der Waals surface area contributed by atoms with E-state index in [1.807, 2.05) is 19.9 Å². The second kappa shape index (κ2) is 7.28. The van der Waals surface area contributed by atoms with Gasteiger partial charge in [0.2, 0.25) is 0 Å². The summed E-state index contributed by atoms with van der Waals surface area (Å²) in [6.07, 6.45) is 6.14. The number of rotatable bonds is 6. The molecular formula is C18H26O. The van der Waals surface area contributed by atoms with Crippen molar-refractivity contribution in [3.8, 4) is 0 Å². The van der Waals surface area contributed by atoms with Crippen LogP contribution in [0.1, 0.15) is 66.6 Å². The van der Waals surface area contributed by atoms with Crippen LogP contribution in [-0.2, 0) is 0 Å². The van der Waals surface area contributed by atoms with Gasteiger partial charge in [0, 0.05) is 5.56 Å². The fraction of sp³-hybridized carbons (Fsp3) is 0.500. The average Bonchev–Trinajstić information content (AvgIpc) is 2.27. The molecule has 0 aromatic heterocycles. The van der Waals surface area contributed by atoms with Gasteiger partial charge in [0.15, 0.2) is 5.78 Å². The molecule has 1 rings (SSSR count). The van der Waals surface area contributed by atoms with Crippen LogP contribution in [0.25, 0.3) is 0 Å². The lowest BCUT2D eigenvalue weighted by Gasteiger charge is -2.10. The van der Waals surface area contributed by atoms with Gasteiger partial charge >= 0.3 is 0 Å². The molecule has 0 spiro atoms. The zero-order valence-corrected chi connectivity index (χ0v) is 13.0. The predicted octanol–water partition coefficient (Wildman–Crippen LogP) is 5.32. The van der Waals surface area contributed by atoms with Crippen molar-refractivity contribution in [2.24, 2.45) is 0 Å². The summed E-state index contributed by atoms with van der Waals surface area (Å²) in [6, 6.07) is 4.18. The largest absolute Gasteiger partial charge is 0.289 e. The summed E-state index contributed by atoms with van der Waals surface area (Å²) in [7, 11) is 0. The molecule has 1 heteroatoms. The highest BCUT2D eigenvalue weighted by molar-refractivity contribution is 6.07. The second-order valence-corrected chi connectivity index (χ2v) is 5.44. The van der Waals surface area contributed by atoms with Crippen molar-refractivity contribution in [1.29, 1.82) is 0 Å². The van der Waals surface area contributed by atoms with Gasteiger partial charge in [-0.15, -0.1) is 0 Å². The molecule has 0 saturated heterocycles. The van der Waals surface area contributed by atoms with Crippen molar-refractivity contribution < 1.29 is 4.79 Å². The molecule has 0 bridgehead atoms. The van der Waals surface area contributed by atoms with Crippen LogP contribution in [0.4, 0.5) is 0 Å². The molecule has 0 unspecified atom stereocenters. The van der Waals surface area contributed by atoms with Crippen molar-refractivity contribution in [3.63, 3.8) is 0 Å². The van der Waals surface area contributed by atoms with Crippen LogP contribution in [0.2, 0.25) is 0 Å². The van der Waals surface area contributed by atoms with Gasteiger partial charge in [-0.25, -0.2) is 0 Å². The molecule has 0 aliphatic heterocycles. The van der Waals surface area contributed by atoms with Crippen LogP contribution >= 0.6 is 0 Å². The molecule has 0 aliphatic carbocycles. The Morgan fingerprint density at radius 2 is 1.47 bits per heavy atom. The number of carbonyl (C=O) groups excluding carboxylic acids is 1. The first-order valence-electron chi connectivity index (χ1n) is 7.31. The van der Waals surface area contributed by atoms with Gasteiger partial charge in [0.1, 0.15) is 0 Å². The van der Waals surface area contributed by atoms with Crippen LogP contribution in [0.15, 0.2) is 23.8 Å². The molecule has 0 aliphatic rings. The summed E-state index contributed by atoms with van der Waals surface area (Å²) >= 11 is 0. The van der Waals surface area contributed by atoms with E-state index in [4.69, 9.17) is 0 Å². The molecule has 19 heavy (non-hydrogen) atoms. The van der Waals surface area contributed by atoms with Crippen molar-refractivity contribution in [2.45, 2.75) is 60.3 Å². The van der Waals surface area contributed by atoms with Crippen LogP contribution in [0.5, 0.6) is 0 Å². The number of aryl methyl sites for hydroxylation is 3. The fourth-order valence-corrected chi connectivity index (χ4v) is 2.74. The standard InChI is InChI=1S/C18H26O/c1-6-8-16(9-7-2)12-17(19)18-14(4)10-13(3)11-15(18)5/h10-12H,6-9H2,1-5H3. The van der Waals surface area contributed by atoms with Gasteiger partial charge < -0.3 is 0 Å². The minimum atomic E-state index is 0.173. The molecule has 0 radical (unpaired) electrons. The summed E-state index contributed by atoms with van der Waals surface area (Å²) < 4.78 is 0. The normalized spacial score (nSPS) is 10.4. The third kappa shape index (κ3) is 4.34. The monoisotopic (exact) mass is 258 g/mol. The lowest BCUT2D eigenvalue weighted by Crippen LogP contribution is -2.03. The van der Waals surface area contributed by atoms with Crippen molar-refractivity contribution in [2.75, 3.05) is 0 Å². The van der Waals surface area contributed by atoms with E-state index in [9.17, 15) is 4.79 Å². The third-order valence-electron chi connectivity index (χ3n) is 3.40. The zero-order valence-electron chi connectivity index (χ0n) is 13.0. The number of allylic oxidation sites excluding steroid dienone is 2. The first-order chi connectivity index (χ1) is 8.99. The molecular weight excluding hydrogens is 232 g/mol. The Morgan fingerprint density at radius 1 is 1.00 bits per heavy atom. The van der Waals surface area contributed by atoms with Crippen LogP contribution < -0.4 is 0 Å². The van der Waals surface area contributed by atoms with Gasteiger partial charge in [0.05, 0.1) is 0 Å².